The van der Waals surface area contributed by atoms with Crippen LogP contribution in [0.1, 0.15) is 50.0 Å². The lowest BCUT2D eigenvalue weighted by molar-refractivity contribution is 0.0520. The molecule has 0 spiro atoms. The van der Waals surface area contributed by atoms with Crippen LogP contribution in [0.2, 0.25) is 5.02 Å². The number of carbonyl (C=O) groups excluding carboxylic acids is 1. The summed E-state index contributed by atoms with van der Waals surface area (Å²) in [6.07, 6.45) is 5.26. The van der Waals surface area contributed by atoms with Crippen LogP contribution in [0.15, 0.2) is 52.5 Å². The number of ether oxygens (including phenoxy) is 1. The maximum atomic E-state index is 15.5. The van der Waals surface area contributed by atoms with Crippen LogP contribution in [0, 0.1) is 11.6 Å². The van der Waals surface area contributed by atoms with Crippen molar-refractivity contribution in [2.24, 2.45) is 0 Å². The Morgan fingerprint density at radius 1 is 1.29 bits per heavy atom. The second-order valence-electron chi connectivity index (χ2n) is 7.98. The van der Waals surface area contributed by atoms with Crippen LogP contribution in [0.25, 0.3) is 16.6 Å². The predicted molar refractivity (Wildman–Crippen MR) is 128 cm³/mol. The van der Waals surface area contributed by atoms with E-state index in [4.69, 9.17) is 17.7 Å². The van der Waals surface area contributed by atoms with E-state index in [0.29, 0.717) is 28.0 Å². The van der Waals surface area contributed by atoms with E-state index >= 15 is 8.78 Å². The first kappa shape index (κ1) is 21.7. The SMILES string of the molecule is [2H]CCn1cc(-n2c(C3CC3)c(Sc3cccc(C(=O)OCC)c3F)c3ccc(Cl)c(F)c32)cn1. The van der Waals surface area contributed by atoms with E-state index in [1.807, 2.05) is 4.57 Å². The second-order valence-corrected chi connectivity index (χ2v) is 9.44. The van der Waals surface area contributed by atoms with Crippen LogP contribution in [0.5, 0.6) is 0 Å². The molecule has 1 aliphatic carbocycles. The largest absolute Gasteiger partial charge is 0.462 e. The quantitative estimate of drug-likeness (QED) is 0.256. The maximum absolute atomic E-state index is 15.5. The fourth-order valence-corrected chi connectivity index (χ4v) is 5.41. The molecule has 2 aromatic carbocycles. The molecule has 0 saturated heterocycles. The van der Waals surface area contributed by atoms with Crippen LogP contribution in [0.4, 0.5) is 8.78 Å². The number of carbonyl (C=O) groups is 1. The zero-order valence-corrected chi connectivity index (χ0v) is 19.9. The lowest BCUT2D eigenvalue weighted by atomic mass is 10.2. The number of esters is 1. The molecule has 0 atom stereocenters. The molecule has 1 fully saturated rings. The summed E-state index contributed by atoms with van der Waals surface area (Å²) in [7, 11) is 0. The van der Waals surface area contributed by atoms with Crippen molar-refractivity contribution in [3.05, 3.63) is 70.6 Å². The summed E-state index contributed by atoms with van der Waals surface area (Å²) in [6.45, 7) is 2.38. The minimum absolute atomic E-state index is 0.0100. The van der Waals surface area contributed by atoms with Gasteiger partial charge in [-0.05, 0) is 50.9 Å². The Hall–Kier alpha value is -2.84. The third kappa shape index (κ3) is 3.88. The molecular formula is C25H22ClF2N3O2S. The second kappa shape index (κ2) is 9.07. The lowest BCUT2D eigenvalue weighted by Crippen LogP contribution is -2.07. The predicted octanol–water partition coefficient (Wildman–Crippen LogP) is 6.98. The summed E-state index contributed by atoms with van der Waals surface area (Å²) in [6, 6.07) is 7.84. The van der Waals surface area contributed by atoms with E-state index in [1.165, 1.54) is 12.1 Å². The lowest BCUT2D eigenvalue weighted by Gasteiger charge is -2.11. The number of nitrogens with zero attached hydrogens (tertiary/aromatic N) is 3. The topological polar surface area (TPSA) is 49.0 Å². The van der Waals surface area contributed by atoms with E-state index in [2.05, 4.69) is 5.10 Å². The van der Waals surface area contributed by atoms with Gasteiger partial charge in [0.1, 0.15) is 0 Å². The minimum atomic E-state index is -0.725. The van der Waals surface area contributed by atoms with Crippen molar-refractivity contribution in [1.29, 1.82) is 0 Å². The Kier molecular flexibility index (Phi) is 5.79. The van der Waals surface area contributed by atoms with Crippen molar-refractivity contribution < 1.29 is 19.7 Å². The highest BCUT2D eigenvalue weighted by Crippen LogP contribution is 2.51. The molecule has 2 heterocycles. The molecule has 4 aromatic rings. The molecule has 5 rings (SSSR count). The molecule has 1 aliphatic rings. The number of fused-ring (bicyclic) bond motifs is 1. The molecule has 1 saturated carbocycles. The smallest absolute Gasteiger partial charge is 0.341 e. The van der Waals surface area contributed by atoms with Gasteiger partial charge in [-0.3, -0.25) is 4.68 Å². The fraction of sp³-hybridized carbons (Fsp3) is 0.280. The van der Waals surface area contributed by atoms with E-state index in [-0.39, 0.29) is 34.9 Å². The van der Waals surface area contributed by atoms with E-state index in [9.17, 15) is 4.79 Å². The highest BCUT2D eigenvalue weighted by Gasteiger charge is 2.35. The summed E-state index contributed by atoms with van der Waals surface area (Å²) < 4.78 is 46.8. The zero-order chi connectivity index (χ0) is 24.7. The van der Waals surface area contributed by atoms with Gasteiger partial charge in [0.15, 0.2) is 11.6 Å². The number of aryl methyl sites for hydroxylation is 1. The molecule has 0 aliphatic heterocycles. The molecule has 176 valence electrons. The van der Waals surface area contributed by atoms with Gasteiger partial charge in [0.25, 0.3) is 0 Å². The first-order chi connectivity index (χ1) is 16.9. The third-order valence-electron chi connectivity index (χ3n) is 5.75. The summed E-state index contributed by atoms with van der Waals surface area (Å²) in [5.74, 6) is -1.79. The number of hydrogen-bond acceptors (Lipinski definition) is 4. The van der Waals surface area contributed by atoms with Gasteiger partial charge in [0.05, 0.1) is 34.6 Å². The van der Waals surface area contributed by atoms with Gasteiger partial charge in [-0.1, -0.05) is 29.4 Å². The number of rotatable bonds is 7. The molecule has 0 amide bonds. The van der Waals surface area contributed by atoms with Crippen molar-refractivity contribution in [2.45, 2.75) is 48.9 Å². The van der Waals surface area contributed by atoms with Crippen molar-refractivity contribution in [3.8, 4) is 5.69 Å². The average molecular weight is 503 g/mol. The van der Waals surface area contributed by atoms with Crippen LogP contribution >= 0.6 is 23.4 Å². The van der Waals surface area contributed by atoms with E-state index < -0.39 is 17.6 Å². The van der Waals surface area contributed by atoms with Crippen LogP contribution in [-0.2, 0) is 11.3 Å². The molecule has 0 radical (unpaired) electrons. The normalized spacial score (nSPS) is 13.9. The molecule has 0 unspecified atom stereocenters. The molecule has 9 heteroatoms. The minimum Gasteiger partial charge on any atom is -0.462 e. The van der Waals surface area contributed by atoms with Crippen LogP contribution in [-0.4, -0.2) is 26.9 Å². The molecule has 2 aromatic heterocycles. The van der Waals surface area contributed by atoms with Gasteiger partial charge in [-0.25, -0.2) is 13.6 Å². The molecule has 34 heavy (non-hydrogen) atoms. The number of benzene rings is 2. The Labute approximate surface area is 206 Å². The average Bonchev–Trinajstić information content (AvgIpc) is 3.48. The van der Waals surface area contributed by atoms with Gasteiger partial charge < -0.3 is 9.30 Å². The van der Waals surface area contributed by atoms with E-state index in [0.717, 1.165) is 30.3 Å². The highest BCUT2D eigenvalue weighted by atomic mass is 35.5. The Balaban J connectivity index is 1.71. The summed E-state index contributed by atoms with van der Waals surface area (Å²) >= 11 is 7.34. The maximum Gasteiger partial charge on any atom is 0.341 e. The van der Waals surface area contributed by atoms with Crippen molar-refractivity contribution in [2.75, 3.05) is 6.61 Å². The summed E-state index contributed by atoms with van der Waals surface area (Å²) in [4.78, 5) is 13.2. The van der Waals surface area contributed by atoms with Gasteiger partial charge in [0.2, 0.25) is 0 Å². The van der Waals surface area contributed by atoms with Gasteiger partial charge >= 0.3 is 5.97 Å². The Morgan fingerprint density at radius 2 is 2.12 bits per heavy atom. The van der Waals surface area contributed by atoms with E-state index in [1.54, 1.807) is 42.2 Å². The summed E-state index contributed by atoms with van der Waals surface area (Å²) in [5, 5.41) is 4.91. The van der Waals surface area contributed by atoms with Crippen LogP contribution in [0.3, 0.4) is 0 Å². The third-order valence-corrected chi connectivity index (χ3v) is 7.21. The number of aromatic nitrogens is 3. The fourth-order valence-electron chi connectivity index (χ4n) is 4.06. The first-order valence-corrected chi connectivity index (χ1v) is 12.1. The molecule has 5 nitrogen and oxygen atoms in total. The molecular weight excluding hydrogens is 480 g/mol. The zero-order valence-electron chi connectivity index (χ0n) is 19.4. The van der Waals surface area contributed by atoms with Crippen LogP contribution < -0.4 is 0 Å². The standard InChI is InChI=1S/C25H22ClF2N3O2S/c1-3-30-13-15(12-29-30)31-22(14-8-9-14)24(17-10-11-18(26)21(28)23(17)31)34-19-7-5-6-16(20(19)27)25(32)33-4-2/h5-7,10-14H,3-4,8-9H2,1-2H3/i1D. The Morgan fingerprint density at radius 3 is 2.85 bits per heavy atom. The number of halogens is 3. The molecule has 0 N–H and O–H groups in total. The summed E-state index contributed by atoms with van der Waals surface area (Å²) in [5.41, 5.74) is 1.67. The molecule has 0 bridgehead atoms. The van der Waals surface area contributed by atoms with Crippen molar-refractivity contribution >= 4 is 40.2 Å². The van der Waals surface area contributed by atoms with Gasteiger partial charge in [-0.2, -0.15) is 5.10 Å². The Bertz CT molecular complexity index is 1430. The van der Waals surface area contributed by atoms with Gasteiger partial charge in [-0.15, -0.1) is 0 Å². The van der Waals surface area contributed by atoms with Crippen molar-refractivity contribution in [3.63, 3.8) is 0 Å². The van der Waals surface area contributed by atoms with Crippen molar-refractivity contribution in [1.82, 2.24) is 14.3 Å². The number of hydrogen-bond donors (Lipinski definition) is 0. The first-order valence-electron chi connectivity index (χ1n) is 11.6. The highest BCUT2D eigenvalue weighted by molar-refractivity contribution is 7.99. The van der Waals surface area contributed by atoms with Gasteiger partial charge in [0, 0.05) is 40.9 Å². The monoisotopic (exact) mass is 502 g/mol.